The molecule has 1 aromatic carbocycles. The lowest BCUT2D eigenvalue weighted by molar-refractivity contribution is -0.138. The van der Waals surface area contributed by atoms with Crippen LogP contribution in [0, 0.1) is 17.1 Å². The first kappa shape index (κ1) is 12.0. The summed E-state index contributed by atoms with van der Waals surface area (Å²) >= 11 is 0. The van der Waals surface area contributed by atoms with Crippen molar-refractivity contribution in [3.05, 3.63) is 34.6 Å². The Kier molecular flexibility index (Phi) is 2.85. The fourth-order valence-corrected chi connectivity index (χ4v) is 1.15. The third-order valence-corrected chi connectivity index (χ3v) is 1.79. The van der Waals surface area contributed by atoms with E-state index >= 15 is 0 Å². The number of carbonyl (C=O) groups is 1. The molecule has 3 nitrogen and oxygen atoms in total. The molecule has 1 rings (SSSR count). The van der Waals surface area contributed by atoms with Gasteiger partial charge in [-0.15, -0.1) is 0 Å². The van der Waals surface area contributed by atoms with Crippen LogP contribution in [0.5, 0.6) is 0 Å². The highest BCUT2D eigenvalue weighted by molar-refractivity contribution is 5.95. The topological polar surface area (TPSA) is 66.9 Å². The van der Waals surface area contributed by atoms with E-state index in [1.807, 2.05) is 0 Å². The second-order valence-corrected chi connectivity index (χ2v) is 2.85. The van der Waals surface area contributed by atoms with Crippen LogP contribution in [-0.2, 0) is 6.18 Å². The minimum atomic E-state index is -4.92. The van der Waals surface area contributed by atoms with Crippen molar-refractivity contribution in [3.63, 3.8) is 0 Å². The number of halogens is 4. The smallest absolute Gasteiger partial charge is 0.366 e. The van der Waals surface area contributed by atoms with Crippen molar-refractivity contribution in [3.8, 4) is 6.07 Å². The zero-order valence-corrected chi connectivity index (χ0v) is 7.60. The van der Waals surface area contributed by atoms with Gasteiger partial charge in [-0.05, 0) is 12.1 Å². The second-order valence-electron chi connectivity index (χ2n) is 2.85. The number of carbonyl (C=O) groups excluding carboxylic acids is 1. The maximum atomic E-state index is 12.8. The number of primary amides is 1. The molecule has 0 aliphatic rings. The number of hydrogen-bond donors (Lipinski definition) is 1. The van der Waals surface area contributed by atoms with E-state index in [2.05, 4.69) is 0 Å². The summed E-state index contributed by atoms with van der Waals surface area (Å²) in [7, 11) is 0. The van der Waals surface area contributed by atoms with Crippen molar-refractivity contribution >= 4 is 5.91 Å². The van der Waals surface area contributed by atoms with Crippen molar-refractivity contribution in [2.45, 2.75) is 6.18 Å². The average Bonchev–Trinajstić information content (AvgIpc) is 2.14. The molecule has 0 aliphatic carbocycles. The molecule has 0 saturated carbocycles. The van der Waals surface area contributed by atoms with E-state index in [1.165, 1.54) is 6.07 Å². The van der Waals surface area contributed by atoms with Gasteiger partial charge >= 0.3 is 6.18 Å². The summed E-state index contributed by atoms with van der Waals surface area (Å²) in [5.41, 5.74) is 1.48. The molecule has 84 valence electrons. The molecule has 0 fully saturated rings. The summed E-state index contributed by atoms with van der Waals surface area (Å²) in [4.78, 5) is 10.7. The van der Waals surface area contributed by atoms with E-state index < -0.39 is 34.6 Å². The lowest BCUT2D eigenvalue weighted by Crippen LogP contribution is -2.17. The fourth-order valence-electron chi connectivity index (χ4n) is 1.15. The summed E-state index contributed by atoms with van der Waals surface area (Å²) in [6, 6.07) is 1.83. The van der Waals surface area contributed by atoms with Gasteiger partial charge in [-0.3, -0.25) is 4.79 Å². The molecule has 0 aromatic heterocycles. The van der Waals surface area contributed by atoms with Gasteiger partial charge < -0.3 is 5.73 Å². The molecule has 2 N–H and O–H groups in total. The van der Waals surface area contributed by atoms with Crippen molar-refractivity contribution in [2.75, 3.05) is 0 Å². The Morgan fingerprint density at radius 1 is 1.38 bits per heavy atom. The van der Waals surface area contributed by atoms with Crippen LogP contribution in [0.25, 0.3) is 0 Å². The van der Waals surface area contributed by atoms with Gasteiger partial charge in [0.1, 0.15) is 11.9 Å². The van der Waals surface area contributed by atoms with Crippen LogP contribution in [0.1, 0.15) is 21.5 Å². The van der Waals surface area contributed by atoms with Gasteiger partial charge in [0.15, 0.2) is 0 Å². The zero-order valence-electron chi connectivity index (χ0n) is 7.60. The molecule has 1 amide bonds. The summed E-state index contributed by atoms with van der Waals surface area (Å²) in [6.45, 7) is 0. The number of hydrogen-bond acceptors (Lipinski definition) is 2. The van der Waals surface area contributed by atoms with E-state index in [4.69, 9.17) is 11.0 Å². The first-order chi connectivity index (χ1) is 7.27. The van der Waals surface area contributed by atoms with Crippen LogP contribution in [0.3, 0.4) is 0 Å². The molecule has 0 heterocycles. The van der Waals surface area contributed by atoms with Crippen molar-refractivity contribution in [1.29, 1.82) is 5.26 Å². The monoisotopic (exact) mass is 232 g/mol. The lowest BCUT2D eigenvalue weighted by atomic mass is 10.0. The summed E-state index contributed by atoms with van der Waals surface area (Å²) < 4.78 is 50.0. The summed E-state index contributed by atoms with van der Waals surface area (Å²) in [6.07, 6.45) is -4.92. The Balaban J connectivity index is 3.63. The first-order valence-electron chi connectivity index (χ1n) is 3.88. The van der Waals surface area contributed by atoms with Gasteiger partial charge in [-0.1, -0.05) is 0 Å². The Labute approximate surface area is 87.1 Å². The van der Waals surface area contributed by atoms with Crippen molar-refractivity contribution in [2.24, 2.45) is 5.73 Å². The molecule has 0 saturated heterocycles. The molecule has 1 aromatic rings. The molecule has 0 radical (unpaired) electrons. The number of rotatable bonds is 1. The molecule has 7 heteroatoms. The minimum Gasteiger partial charge on any atom is -0.366 e. The maximum Gasteiger partial charge on any atom is 0.417 e. The Morgan fingerprint density at radius 3 is 2.31 bits per heavy atom. The highest BCUT2D eigenvalue weighted by Gasteiger charge is 2.36. The third-order valence-electron chi connectivity index (χ3n) is 1.79. The van der Waals surface area contributed by atoms with Gasteiger partial charge in [0.25, 0.3) is 0 Å². The SMILES string of the molecule is N#Cc1c(C(N)=O)cc(F)cc1C(F)(F)F. The highest BCUT2D eigenvalue weighted by atomic mass is 19.4. The number of nitrogens with zero attached hydrogens (tertiary/aromatic N) is 1. The molecular weight excluding hydrogens is 228 g/mol. The van der Waals surface area contributed by atoms with Crippen molar-refractivity contribution < 1.29 is 22.4 Å². The normalized spacial score (nSPS) is 10.9. The van der Waals surface area contributed by atoms with E-state index in [-0.39, 0.29) is 6.07 Å². The van der Waals surface area contributed by atoms with E-state index in [0.717, 1.165) is 0 Å². The Bertz CT molecular complexity index is 488. The third kappa shape index (κ3) is 2.11. The van der Waals surface area contributed by atoms with E-state index in [0.29, 0.717) is 6.07 Å². The molecule has 0 atom stereocenters. The molecule has 0 aliphatic heterocycles. The molecule has 16 heavy (non-hydrogen) atoms. The van der Waals surface area contributed by atoms with Crippen LogP contribution in [-0.4, -0.2) is 5.91 Å². The lowest BCUT2D eigenvalue weighted by Gasteiger charge is -2.10. The molecular formula is C9H4F4N2O. The quantitative estimate of drug-likeness (QED) is 0.750. The standard InChI is InChI=1S/C9H4F4N2O/c10-4-1-5(8(15)16)6(3-14)7(2-4)9(11,12)13/h1-2H,(H2,15,16). The van der Waals surface area contributed by atoms with Gasteiger partial charge in [0.2, 0.25) is 5.91 Å². The van der Waals surface area contributed by atoms with Crippen LogP contribution >= 0.6 is 0 Å². The summed E-state index contributed by atoms with van der Waals surface area (Å²) in [5, 5.41) is 8.52. The molecule has 0 unspecified atom stereocenters. The average molecular weight is 232 g/mol. The Hall–Kier alpha value is -2.10. The van der Waals surface area contributed by atoms with Gasteiger partial charge in [0, 0.05) is 0 Å². The number of benzene rings is 1. The van der Waals surface area contributed by atoms with Crippen LogP contribution < -0.4 is 5.73 Å². The first-order valence-corrected chi connectivity index (χ1v) is 3.88. The van der Waals surface area contributed by atoms with Gasteiger partial charge in [-0.2, -0.15) is 18.4 Å². The van der Waals surface area contributed by atoms with Crippen LogP contribution in [0.15, 0.2) is 12.1 Å². The van der Waals surface area contributed by atoms with Crippen molar-refractivity contribution in [1.82, 2.24) is 0 Å². The zero-order chi connectivity index (χ0) is 12.5. The van der Waals surface area contributed by atoms with E-state index in [1.54, 1.807) is 0 Å². The number of amides is 1. The van der Waals surface area contributed by atoms with E-state index in [9.17, 15) is 22.4 Å². The molecule has 0 spiro atoms. The summed E-state index contributed by atoms with van der Waals surface area (Å²) in [5.74, 6) is -2.57. The number of alkyl halides is 3. The van der Waals surface area contributed by atoms with Gasteiger partial charge in [-0.25, -0.2) is 4.39 Å². The highest BCUT2D eigenvalue weighted by Crippen LogP contribution is 2.33. The molecule has 0 bridgehead atoms. The number of nitriles is 1. The number of nitrogens with two attached hydrogens (primary N) is 1. The van der Waals surface area contributed by atoms with Gasteiger partial charge in [0.05, 0.1) is 16.7 Å². The predicted octanol–water partition coefficient (Wildman–Crippen LogP) is 1.82. The van der Waals surface area contributed by atoms with Crippen LogP contribution in [0.4, 0.5) is 17.6 Å². The maximum absolute atomic E-state index is 12.8. The fraction of sp³-hybridized carbons (Fsp3) is 0.111. The Morgan fingerprint density at radius 2 is 1.94 bits per heavy atom. The minimum absolute atomic E-state index is 0.144. The predicted molar refractivity (Wildman–Crippen MR) is 44.6 cm³/mol. The second kappa shape index (κ2) is 3.81. The largest absolute Gasteiger partial charge is 0.417 e. The van der Waals surface area contributed by atoms with Crippen LogP contribution in [0.2, 0.25) is 0 Å².